The van der Waals surface area contributed by atoms with Gasteiger partial charge >= 0.3 is 0 Å². The van der Waals surface area contributed by atoms with Gasteiger partial charge in [-0.25, -0.2) is 0 Å². The summed E-state index contributed by atoms with van der Waals surface area (Å²) in [4.78, 5) is 1.98. The minimum Gasteiger partial charge on any atom is -0.394 e. The highest BCUT2D eigenvalue weighted by molar-refractivity contribution is 9.10. The molecule has 1 rings (SSSR count). The average molecular weight is 288 g/mol. The molecule has 16 heavy (non-hydrogen) atoms. The van der Waals surface area contributed by atoms with E-state index in [0.29, 0.717) is 0 Å². The molecule has 0 amide bonds. The largest absolute Gasteiger partial charge is 0.394 e. The first-order valence-electron chi connectivity index (χ1n) is 5.16. The Bertz CT molecular complexity index is 366. The number of hydrogen-bond donors (Lipinski definition) is 2. The molecule has 0 radical (unpaired) electrons. The van der Waals surface area contributed by atoms with Crippen LogP contribution in [0.25, 0.3) is 0 Å². The summed E-state index contributed by atoms with van der Waals surface area (Å²) in [6.45, 7) is 3.96. The smallest absolute Gasteiger partial charge is 0.0702 e. The molecule has 0 aromatic heterocycles. The van der Waals surface area contributed by atoms with Crippen molar-refractivity contribution in [2.24, 2.45) is 0 Å². The van der Waals surface area contributed by atoms with E-state index >= 15 is 0 Å². The molecule has 0 unspecified atom stereocenters. The fraction of sp³-hybridized carbons (Fsp3) is 0.500. The molecular weight excluding hydrogens is 270 g/mol. The summed E-state index contributed by atoms with van der Waals surface area (Å²) in [6.07, 6.45) is 0. The Morgan fingerprint density at radius 3 is 2.44 bits per heavy atom. The zero-order valence-corrected chi connectivity index (χ0v) is 11.5. The molecule has 0 aliphatic rings. The first kappa shape index (κ1) is 13.5. The number of aliphatic hydroxyl groups excluding tert-OH is 2. The number of benzene rings is 1. The van der Waals surface area contributed by atoms with Crippen LogP contribution in [0.2, 0.25) is 0 Å². The van der Waals surface area contributed by atoms with Crippen molar-refractivity contribution in [3.63, 3.8) is 0 Å². The quantitative estimate of drug-likeness (QED) is 0.892. The van der Waals surface area contributed by atoms with Crippen molar-refractivity contribution in [1.82, 2.24) is 0 Å². The zero-order valence-electron chi connectivity index (χ0n) is 9.87. The predicted molar refractivity (Wildman–Crippen MR) is 69.6 cm³/mol. The molecule has 0 aliphatic carbocycles. The first-order valence-corrected chi connectivity index (χ1v) is 5.95. The van der Waals surface area contributed by atoms with Gasteiger partial charge in [-0.2, -0.15) is 0 Å². The molecule has 0 aliphatic heterocycles. The molecule has 1 aromatic rings. The van der Waals surface area contributed by atoms with Crippen LogP contribution in [0.5, 0.6) is 0 Å². The van der Waals surface area contributed by atoms with Gasteiger partial charge in [-0.3, -0.25) is 0 Å². The maximum absolute atomic E-state index is 9.33. The van der Waals surface area contributed by atoms with Crippen LogP contribution in [0.1, 0.15) is 19.4 Å². The molecular formula is C12H18BrNO2. The molecule has 0 atom stereocenters. The third-order valence-corrected chi connectivity index (χ3v) is 3.36. The standard InChI is InChI=1S/C12H18BrNO2/c1-12(2,8-16)14(3)11-5-4-10(13)6-9(11)7-15/h4-6,15-16H,7-8H2,1-3H3. The highest BCUT2D eigenvalue weighted by atomic mass is 79.9. The lowest BCUT2D eigenvalue weighted by molar-refractivity contribution is 0.215. The van der Waals surface area contributed by atoms with Gasteiger partial charge in [0.25, 0.3) is 0 Å². The van der Waals surface area contributed by atoms with Gasteiger partial charge in [-0.15, -0.1) is 0 Å². The molecule has 4 heteroatoms. The Hall–Kier alpha value is -0.580. The Labute approximate surface area is 105 Å². The van der Waals surface area contributed by atoms with Crippen molar-refractivity contribution in [1.29, 1.82) is 0 Å². The van der Waals surface area contributed by atoms with Crippen LogP contribution in [0.3, 0.4) is 0 Å². The molecule has 1 aromatic carbocycles. The van der Waals surface area contributed by atoms with Crippen LogP contribution in [0.15, 0.2) is 22.7 Å². The van der Waals surface area contributed by atoms with E-state index in [1.54, 1.807) is 0 Å². The zero-order chi connectivity index (χ0) is 12.3. The number of nitrogens with zero attached hydrogens (tertiary/aromatic N) is 1. The van der Waals surface area contributed by atoms with E-state index in [1.807, 2.05) is 44.0 Å². The van der Waals surface area contributed by atoms with Crippen molar-refractivity contribution in [2.45, 2.75) is 26.0 Å². The van der Waals surface area contributed by atoms with Crippen molar-refractivity contribution >= 4 is 21.6 Å². The summed E-state index contributed by atoms with van der Waals surface area (Å²) in [7, 11) is 1.92. The predicted octanol–water partition coefficient (Wildman–Crippen LogP) is 2.15. The van der Waals surface area contributed by atoms with Gasteiger partial charge in [0.05, 0.1) is 18.8 Å². The van der Waals surface area contributed by atoms with Crippen molar-refractivity contribution < 1.29 is 10.2 Å². The minimum absolute atomic E-state index is 0.0133. The molecule has 0 spiro atoms. The average Bonchev–Trinajstić information content (AvgIpc) is 2.27. The summed E-state index contributed by atoms with van der Waals surface area (Å²) in [5.74, 6) is 0. The van der Waals surface area contributed by atoms with Gasteiger partial charge in [0.2, 0.25) is 0 Å². The topological polar surface area (TPSA) is 43.7 Å². The molecule has 0 heterocycles. The number of rotatable bonds is 4. The maximum atomic E-state index is 9.33. The summed E-state index contributed by atoms with van der Waals surface area (Å²) in [6, 6.07) is 5.75. The van der Waals surface area contributed by atoms with E-state index in [0.717, 1.165) is 15.7 Å². The number of likely N-dealkylation sites (N-methyl/N-ethyl adjacent to an activating group) is 1. The number of anilines is 1. The Morgan fingerprint density at radius 1 is 1.31 bits per heavy atom. The summed E-state index contributed by atoms with van der Waals surface area (Å²) in [5, 5.41) is 18.7. The highest BCUT2D eigenvalue weighted by Gasteiger charge is 2.24. The van der Waals surface area contributed by atoms with Crippen molar-refractivity contribution in [3.05, 3.63) is 28.2 Å². The van der Waals surface area contributed by atoms with Gasteiger partial charge in [0, 0.05) is 22.8 Å². The lowest BCUT2D eigenvalue weighted by atomic mass is 10.0. The summed E-state index contributed by atoms with van der Waals surface area (Å²) < 4.78 is 0.940. The van der Waals surface area contributed by atoms with Crippen LogP contribution in [0, 0.1) is 0 Å². The third-order valence-electron chi connectivity index (χ3n) is 2.87. The normalized spacial score (nSPS) is 11.6. The highest BCUT2D eigenvalue weighted by Crippen LogP contribution is 2.28. The van der Waals surface area contributed by atoms with Crippen LogP contribution in [-0.2, 0) is 6.61 Å². The van der Waals surface area contributed by atoms with Gasteiger partial charge in [0.1, 0.15) is 0 Å². The fourth-order valence-electron chi connectivity index (χ4n) is 1.44. The lowest BCUT2D eigenvalue weighted by Gasteiger charge is -2.37. The Kier molecular flexibility index (Phi) is 4.35. The summed E-state index contributed by atoms with van der Waals surface area (Å²) in [5.41, 5.74) is 1.43. The molecule has 0 fully saturated rings. The number of aliphatic hydroxyl groups is 2. The SMILES string of the molecule is CN(c1ccc(Br)cc1CO)C(C)(C)CO. The second-order valence-corrected chi connectivity index (χ2v) is 5.38. The molecule has 0 bridgehead atoms. The molecule has 2 N–H and O–H groups in total. The van der Waals surface area contributed by atoms with E-state index < -0.39 is 0 Å². The van der Waals surface area contributed by atoms with E-state index in [1.165, 1.54) is 0 Å². The number of hydrogen-bond acceptors (Lipinski definition) is 3. The summed E-state index contributed by atoms with van der Waals surface area (Å²) >= 11 is 3.37. The fourth-order valence-corrected chi connectivity index (χ4v) is 1.85. The van der Waals surface area contributed by atoms with Gasteiger partial charge in [0.15, 0.2) is 0 Å². The molecule has 3 nitrogen and oxygen atoms in total. The van der Waals surface area contributed by atoms with Gasteiger partial charge < -0.3 is 15.1 Å². The van der Waals surface area contributed by atoms with Crippen LogP contribution >= 0.6 is 15.9 Å². The van der Waals surface area contributed by atoms with E-state index in [-0.39, 0.29) is 18.8 Å². The second-order valence-electron chi connectivity index (χ2n) is 4.46. The molecule has 0 saturated heterocycles. The van der Waals surface area contributed by atoms with Crippen molar-refractivity contribution in [2.75, 3.05) is 18.6 Å². The monoisotopic (exact) mass is 287 g/mol. The first-order chi connectivity index (χ1) is 7.42. The van der Waals surface area contributed by atoms with E-state index in [9.17, 15) is 10.2 Å². The third kappa shape index (κ3) is 2.75. The molecule has 0 saturated carbocycles. The maximum Gasteiger partial charge on any atom is 0.0702 e. The van der Waals surface area contributed by atoms with Crippen LogP contribution < -0.4 is 4.90 Å². The minimum atomic E-state index is -0.349. The Morgan fingerprint density at radius 2 is 1.94 bits per heavy atom. The Balaban J connectivity index is 3.13. The number of halogens is 1. The van der Waals surface area contributed by atoms with Crippen molar-refractivity contribution in [3.8, 4) is 0 Å². The van der Waals surface area contributed by atoms with E-state index in [2.05, 4.69) is 15.9 Å². The molecule has 90 valence electrons. The van der Waals surface area contributed by atoms with Crippen LogP contribution in [0.4, 0.5) is 5.69 Å². The van der Waals surface area contributed by atoms with E-state index in [4.69, 9.17) is 0 Å². The van der Waals surface area contributed by atoms with Gasteiger partial charge in [-0.05, 0) is 32.0 Å². The van der Waals surface area contributed by atoms with Crippen LogP contribution in [-0.4, -0.2) is 29.4 Å². The lowest BCUT2D eigenvalue weighted by Crippen LogP contribution is -2.44. The second kappa shape index (κ2) is 5.17. The van der Waals surface area contributed by atoms with Gasteiger partial charge in [-0.1, -0.05) is 15.9 Å².